The molecule has 1 aliphatic heterocycles. The van der Waals surface area contributed by atoms with Crippen molar-refractivity contribution in [3.8, 4) is 11.6 Å². The zero-order valence-corrected chi connectivity index (χ0v) is 18.3. The third-order valence-corrected chi connectivity index (χ3v) is 5.46. The van der Waals surface area contributed by atoms with Crippen LogP contribution in [0.15, 0.2) is 42.6 Å². The van der Waals surface area contributed by atoms with E-state index in [-0.39, 0.29) is 11.8 Å². The fourth-order valence-corrected chi connectivity index (χ4v) is 3.79. The minimum atomic E-state index is -0.175. The molecular weight excluding hydrogens is 396 g/mol. The number of rotatable bonds is 10. The molecule has 0 radical (unpaired) electrons. The van der Waals surface area contributed by atoms with Gasteiger partial charge in [0, 0.05) is 32.3 Å². The molecule has 0 bridgehead atoms. The Kier molecular flexibility index (Phi) is 8.49. The van der Waals surface area contributed by atoms with Gasteiger partial charge in [0.25, 0.3) is 0 Å². The Morgan fingerprint density at radius 1 is 1.26 bits per heavy atom. The number of ether oxygens (including phenoxy) is 2. The number of benzene rings is 1. The lowest BCUT2D eigenvalue weighted by atomic mass is 10.1. The van der Waals surface area contributed by atoms with Crippen molar-refractivity contribution < 1.29 is 19.4 Å². The molecule has 1 aliphatic rings. The molecule has 0 aliphatic carbocycles. The number of nitrogens with one attached hydrogen (secondary N) is 1. The van der Waals surface area contributed by atoms with Gasteiger partial charge in [-0.15, -0.1) is 0 Å². The van der Waals surface area contributed by atoms with Crippen molar-refractivity contribution in [2.45, 2.75) is 32.4 Å². The molecule has 1 fully saturated rings. The van der Waals surface area contributed by atoms with Crippen molar-refractivity contribution in [1.82, 2.24) is 14.8 Å². The number of pyridine rings is 1. The maximum Gasteiger partial charge on any atom is 0.322 e. The number of methoxy groups -OCH3 is 1. The summed E-state index contributed by atoms with van der Waals surface area (Å²) in [4.78, 5) is 21.6. The first-order chi connectivity index (χ1) is 15.1. The number of likely N-dealkylation sites (N-methyl/N-ethyl adjacent to an activating group) is 1. The third-order valence-electron chi connectivity index (χ3n) is 5.46. The van der Waals surface area contributed by atoms with Gasteiger partial charge in [-0.25, -0.2) is 9.78 Å². The largest absolute Gasteiger partial charge is 0.508 e. The van der Waals surface area contributed by atoms with Crippen molar-refractivity contribution in [2.24, 2.45) is 0 Å². The van der Waals surface area contributed by atoms with Crippen LogP contribution in [0.1, 0.15) is 25.3 Å². The van der Waals surface area contributed by atoms with Crippen molar-refractivity contribution in [2.75, 3.05) is 45.3 Å². The van der Waals surface area contributed by atoms with Crippen LogP contribution in [-0.4, -0.2) is 71.9 Å². The molecular formula is C23H32N4O4. The first-order valence-corrected chi connectivity index (χ1v) is 10.7. The monoisotopic (exact) mass is 428 g/mol. The summed E-state index contributed by atoms with van der Waals surface area (Å²) in [5, 5.41) is 12.5. The highest BCUT2D eigenvalue weighted by atomic mass is 16.5. The van der Waals surface area contributed by atoms with Crippen LogP contribution in [0.2, 0.25) is 0 Å². The number of likely N-dealkylation sites (tertiary alicyclic amines) is 1. The number of aromatic nitrogens is 1. The van der Waals surface area contributed by atoms with E-state index in [0.717, 1.165) is 31.5 Å². The van der Waals surface area contributed by atoms with Gasteiger partial charge >= 0.3 is 6.03 Å². The Labute approximate surface area is 183 Å². The number of anilines is 1. The summed E-state index contributed by atoms with van der Waals surface area (Å²) >= 11 is 0. The van der Waals surface area contributed by atoms with E-state index in [1.807, 2.05) is 17.0 Å². The lowest BCUT2D eigenvalue weighted by Gasteiger charge is -2.30. The molecule has 2 N–H and O–H groups in total. The van der Waals surface area contributed by atoms with Gasteiger partial charge in [0.05, 0.1) is 18.5 Å². The van der Waals surface area contributed by atoms with Crippen LogP contribution in [0.5, 0.6) is 11.6 Å². The summed E-state index contributed by atoms with van der Waals surface area (Å²) in [7, 11) is 1.62. The van der Waals surface area contributed by atoms with Gasteiger partial charge in [-0.3, -0.25) is 4.90 Å². The second kappa shape index (κ2) is 11.5. The number of hydrogen-bond acceptors (Lipinski definition) is 6. The van der Waals surface area contributed by atoms with Gasteiger partial charge in [-0.05, 0) is 49.7 Å². The number of nitrogens with zero attached hydrogens (tertiary/aromatic N) is 3. The average Bonchev–Trinajstić information content (AvgIpc) is 3.23. The van der Waals surface area contributed by atoms with Crippen LogP contribution < -0.4 is 10.1 Å². The number of hydrogen-bond donors (Lipinski definition) is 2. The van der Waals surface area contributed by atoms with Gasteiger partial charge in [0.2, 0.25) is 5.88 Å². The molecule has 0 saturated carbocycles. The molecule has 2 amide bonds. The predicted octanol–water partition coefficient (Wildman–Crippen LogP) is 3.33. The van der Waals surface area contributed by atoms with Crippen LogP contribution in [0.4, 0.5) is 10.5 Å². The topological polar surface area (TPSA) is 87.2 Å². The molecule has 1 atom stereocenters. The van der Waals surface area contributed by atoms with Gasteiger partial charge in [0.1, 0.15) is 12.4 Å². The maximum atomic E-state index is 13.1. The first kappa shape index (κ1) is 22.8. The molecule has 168 valence electrons. The summed E-state index contributed by atoms with van der Waals surface area (Å²) in [6, 6.07) is 10.7. The lowest BCUT2D eigenvalue weighted by molar-refractivity contribution is 0.144. The number of aromatic hydroxyl groups is 1. The van der Waals surface area contributed by atoms with E-state index in [2.05, 4.69) is 22.1 Å². The average molecular weight is 429 g/mol. The maximum absolute atomic E-state index is 13.1. The van der Waals surface area contributed by atoms with Gasteiger partial charge in [-0.2, -0.15) is 0 Å². The van der Waals surface area contributed by atoms with Crippen LogP contribution in [0.3, 0.4) is 0 Å². The van der Waals surface area contributed by atoms with Crippen molar-refractivity contribution >= 4 is 11.7 Å². The minimum Gasteiger partial charge on any atom is -0.508 e. The summed E-state index contributed by atoms with van der Waals surface area (Å²) in [6.07, 6.45) is 3.83. The predicted molar refractivity (Wildman–Crippen MR) is 119 cm³/mol. The van der Waals surface area contributed by atoms with E-state index in [0.29, 0.717) is 43.9 Å². The second-order valence-electron chi connectivity index (χ2n) is 7.63. The van der Waals surface area contributed by atoms with Crippen molar-refractivity contribution in [3.63, 3.8) is 0 Å². The molecule has 3 rings (SSSR count). The van der Waals surface area contributed by atoms with E-state index in [1.165, 1.54) is 0 Å². The smallest absolute Gasteiger partial charge is 0.322 e. The molecule has 1 aromatic heterocycles. The van der Waals surface area contributed by atoms with Crippen molar-refractivity contribution in [3.05, 3.63) is 48.2 Å². The molecule has 2 heterocycles. The SMILES string of the molecule is CCN1CCC[C@H]1CN(Cc1ccc(O)cc1)C(=O)Nc1ccc(OCCOC)nc1. The van der Waals surface area contributed by atoms with E-state index in [4.69, 9.17) is 9.47 Å². The Balaban J connectivity index is 1.66. The molecule has 2 aromatic rings. The zero-order valence-electron chi connectivity index (χ0n) is 18.3. The first-order valence-electron chi connectivity index (χ1n) is 10.7. The van der Waals surface area contributed by atoms with Gasteiger partial charge in [0.15, 0.2) is 0 Å². The molecule has 1 saturated heterocycles. The molecule has 8 nitrogen and oxygen atoms in total. The highest BCUT2D eigenvalue weighted by Crippen LogP contribution is 2.20. The Hall–Kier alpha value is -2.84. The Bertz CT molecular complexity index is 813. The van der Waals surface area contributed by atoms with Crippen LogP contribution in [-0.2, 0) is 11.3 Å². The molecule has 0 spiro atoms. The number of phenols is 1. The number of urea groups is 1. The number of carbonyl (C=O) groups excluding carboxylic acids is 1. The molecule has 8 heteroatoms. The van der Waals surface area contributed by atoms with E-state index < -0.39 is 0 Å². The van der Waals surface area contributed by atoms with E-state index in [9.17, 15) is 9.90 Å². The fraction of sp³-hybridized carbons (Fsp3) is 0.478. The fourth-order valence-electron chi connectivity index (χ4n) is 3.79. The summed E-state index contributed by atoms with van der Waals surface area (Å²) < 4.78 is 10.4. The molecule has 31 heavy (non-hydrogen) atoms. The normalized spacial score (nSPS) is 16.3. The minimum absolute atomic E-state index is 0.175. The van der Waals surface area contributed by atoms with Crippen LogP contribution in [0.25, 0.3) is 0 Å². The second-order valence-corrected chi connectivity index (χ2v) is 7.63. The number of amides is 2. The molecule has 0 unspecified atom stereocenters. The summed E-state index contributed by atoms with van der Waals surface area (Å²) in [6.45, 7) is 6.23. The highest BCUT2D eigenvalue weighted by Gasteiger charge is 2.27. The standard InChI is InChI=1S/C23H32N4O4/c1-3-26-12-4-5-20(26)17-27(16-18-6-9-21(28)10-7-18)23(29)25-19-8-11-22(24-15-19)31-14-13-30-2/h6-11,15,20,28H,3-5,12-14,16-17H2,1-2H3,(H,25,29)/t20-/m0/s1. The Morgan fingerprint density at radius 3 is 2.74 bits per heavy atom. The van der Waals surface area contributed by atoms with Crippen LogP contribution >= 0.6 is 0 Å². The van der Waals surface area contributed by atoms with Gasteiger partial charge < -0.3 is 24.8 Å². The van der Waals surface area contributed by atoms with Crippen molar-refractivity contribution in [1.29, 1.82) is 0 Å². The van der Waals surface area contributed by atoms with Crippen LogP contribution in [0, 0.1) is 0 Å². The number of carbonyl (C=O) groups is 1. The van der Waals surface area contributed by atoms with E-state index >= 15 is 0 Å². The highest BCUT2D eigenvalue weighted by molar-refractivity contribution is 5.89. The summed E-state index contributed by atoms with van der Waals surface area (Å²) in [5.41, 5.74) is 1.58. The summed E-state index contributed by atoms with van der Waals surface area (Å²) in [5.74, 6) is 0.701. The molecule has 1 aromatic carbocycles. The number of phenolic OH excluding ortho intramolecular Hbond substituents is 1. The van der Waals surface area contributed by atoms with Gasteiger partial charge in [-0.1, -0.05) is 19.1 Å². The third kappa shape index (κ3) is 6.83. The zero-order chi connectivity index (χ0) is 22.1. The van der Waals surface area contributed by atoms with E-state index in [1.54, 1.807) is 37.6 Å². The lowest BCUT2D eigenvalue weighted by Crippen LogP contribution is -2.44. The quantitative estimate of drug-likeness (QED) is 0.565. The Morgan fingerprint density at radius 2 is 2.06 bits per heavy atom.